The van der Waals surface area contributed by atoms with Gasteiger partial charge in [-0.1, -0.05) is 18.2 Å². The zero-order valence-electron chi connectivity index (χ0n) is 18.0. The van der Waals surface area contributed by atoms with E-state index in [1.807, 2.05) is 30.0 Å². The van der Waals surface area contributed by atoms with Crippen LogP contribution >= 0.6 is 0 Å². The summed E-state index contributed by atoms with van der Waals surface area (Å²) in [6.45, 7) is 10.1. The maximum Gasteiger partial charge on any atom is 0.275 e. The highest BCUT2D eigenvalue weighted by molar-refractivity contribution is 5.84. The number of ether oxygens (including phenoxy) is 1. The molecule has 162 valence electrons. The fourth-order valence-corrected chi connectivity index (χ4v) is 4.63. The average molecular weight is 413 g/mol. The molecule has 0 spiro atoms. The largest absolute Gasteiger partial charge is 0.379 e. The summed E-state index contributed by atoms with van der Waals surface area (Å²) in [6, 6.07) is 6.86. The van der Waals surface area contributed by atoms with E-state index >= 15 is 0 Å². The molecule has 0 radical (unpaired) electrons. The molecule has 2 saturated heterocycles. The number of fused-ring (bicyclic) bond motifs is 1. The lowest BCUT2D eigenvalue weighted by atomic mass is 9.93. The Morgan fingerprint density at radius 1 is 1.13 bits per heavy atom. The van der Waals surface area contributed by atoms with Gasteiger partial charge in [-0.25, -0.2) is 4.68 Å². The molecule has 1 aromatic carbocycles. The fraction of sp³-hybridized carbons (Fsp3) is 0.609. The van der Waals surface area contributed by atoms with Crippen LogP contribution < -0.4 is 5.56 Å². The van der Waals surface area contributed by atoms with Gasteiger partial charge in [0, 0.05) is 31.6 Å². The smallest absolute Gasteiger partial charge is 0.275 e. The maximum absolute atomic E-state index is 13.1. The van der Waals surface area contributed by atoms with Crippen LogP contribution in [0.1, 0.15) is 37.9 Å². The zero-order valence-corrected chi connectivity index (χ0v) is 18.0. The first-order valence-electron chi connectivity index (χ1n) is 11.1. The number of likely N-dealkylation sites (tertiary alicyclic amines) is 1. The van der Waals surface area contributed by atoms with Crippen LogP contribution in [0.25, 0.3) is 10.8 Å². The van der Waals surface area contributed by atoms with Crippen LogP contribution in [-0.4, -0.2) is 71.4 Å². The van der Waals surface area contributed by atoms with Crippen LogP contribution in [-0.2, 0) is 9.53 Å². The van der Waals surface area contributed by atoms with Crippen molar-refractivity contribution in [3.05, 3.63) is 40.3 Å². The molecule has 2 aliphatic rings. The summed E-state index contributed by atoms with van der Waals surface area (Å²) in [5.74, 6) is 0.655. The van der Waals surface area contributed by atoms with Gasteiger partial charge < -0.3 is 9.64 Å². The van der Waals surface area contributed by atoms with Gasteiger partial charge >= 0.3 is 0 Å². The molecule has 0 bridgehead atoms. The second kappa shape index (κ2) is 9.27. The van der Waals surface area contributed by atoms with E-state index in [1.165, 1.54) is 11.1 Å². The van der Waals surface area contributed by atoms with Gasteiger partial charge in [0.15, 0.2) is 0 Å². The van der Waals surface area contributed by atoms with Crippen molar-refractivity contribution in [2.24, 2.45) is 5.92 Å². The Bertz CT molecular complexity index is 943. The Hall–Kier alpha value is -2.25. The molecule has 3 heterocycles. The molecular formula is C23H32N4O3. The molecule has 30 heavy (non-hydrogen) atoms. The summed E-state index contributed by atoms with van der Waals surface area (Å²) >= 11 is 0. The van der Waals surface area contributed by atoms with E-state index in [9.17, 15) is 9.59 Å². The lowest BCUT2D eigenvalue weighted by molar-refractivity contribution is -0.136. The lowest BCUT2D eigenvalue weighted by Gasteiger charge is -2.35. The van der Waals surface area contributed by atoms with Crippen LogP contribution in [0.4, 0.5) is 0 Å². The molecule has 0 aliphatic carbocycles. The molecule has 2 fully saturated rings. The van der Waals surface area contributed by atoms with E-state index in [0.717, 1.165) is 69.9 Å². The maximum atomic E-state index is 13.1. The van der Waals surface area contributed by atoms with Gasteiger partial charge in [0.1, 0.15) is 6.04 Å². The minimum absolute atomic E-state index is 0.00842. The lowest BCUT2D eigenvalue weighted by Crippen LogP contribution is -2.44. The van der Waals surface area contributed by atoms with E-state index in [2.05, 4.69) is 10.00 Å². The molecule has 7 nitrogen and oxygen atoms in total. The van der Waals surface area contributed by atoms with Crippen LogP contribution in [0.5, 0.6) is 0 Å². The van der Waals surface area contributed by atoms with Crippen LogP contribution in [0, 0.1) is 12.8 Å². The summed E-state index contributed by atoms with van der Waals surface area (Å²) < 4.78 is 6.78. The Morgan fingerprint density at radius 3 is 2.50 bits per heavy atom. The van der Waals surface area contributed by atoms with Crippen molar-refractivity contribution in [2.45, 2.75) is 39.2 Å². The Balaban J connectivity index is 1.37. The van der Waals surface area contributed by atoms with E-state index in [4.69, 9.17) is 4.74 Å². The SMILES string of the molecule is Cc1nn([C@H](C)C(=O)N2CCC(CCN3CCOCC3)CC2)c(=O)c2ccccc12. The molecule has 2 aromatic rings. The number of amides is 1. The van der Waals surface area contributed by atoms with Crippen molar-refractivity contribution >= 4 is 16.7 Å². The Morgan fingerprint density at radius 2 is 1.80 bits per heavy atom. The van der Waals surface area contributed by atoms with Gasteiger partial charge in [-0.15, -0.1) is 0 Å². The molecule has 4 rings (SSSR count). The van der Waals surface area contributed by atoms with Crippen molar-refractivity contribution in [3.63, 3.8) is 0 Å². The molecule has 2 aliphatic heterocycles. The third-order valence-electron chi connectivity index (χ3n) is 6.62. The molecule has 7 heteroatoms. The quantitative estimate of drug-likeness (QED) is 0.753. The molecular weight excluding hydrogens is 380 g/mol. The van der Waals surface area contributed by atoms with Crippen molar-refractivity contribution < 1.29 is 9.53 Å². The van der Waals surface area contributed by atoms with E-state index in [1.54, 1.807) is 13.0 Å². The van der Waals surface area contributed by atoms with Gasteiger partial charge in [-0.05, 0) is 51.6 Å². The number of aryl methyl sites for hydroxylation is 1. The molecule has 0 N–H and O–H groups in total. The topological polar surface area (TPSA) is 67.7 Å². The highest BCUT2D eigenvalue weighted by atomic mass is 16.5. The number of morpholine rings is 1. The van der Waals surface area contributed by atoms with Crippen LogP contribution in [0.2, 0.25) is 0 Å². The molecule has 0 saturated carbocycles. The zero-order chi connectivity index (χ0) is 21.1. The second-order valence-electron chi connectivity index (χ2n) is 8.57. The first kappa shape index (κ1) is 21.0. The van der Waals surface area contributed by atoms with Crippen LogP contribution in [0.3, 0.4) is 0 Å². The Labute approximate surface area is 177 Å². The first-order chi connectivity index (χ1) is 14.5. The summed E-state index contributed by atoms with van der Waals surface area (Å²) in [5, 5.41) is 5.92. The number of rotatable bonds is 5. The standard InChI is InChI=1S/C23H32N4O3/c1-17-20-5-3-4-6-21(20)23(29)27(24-17)18(2)22(28)26-11-8-19(9-12-26)7-10-25-13-15-30-16-14-25/h3-6,18-19H,7-16H2,1-2H3/t18-/m1/s1. The highest BCUT2D eigenvalue weighted by Crippen LogP contribution is 2.23. The fourth-order valence-electron chi connectivity index (χ4n) is 4.63. The van der Waals surface area contributed by atoms with Gasteiger partial charge in [0.2, 0.25) is 5.91 Å². The van der Waals surface area contributed by atoms with Crippen molar-refractivity contribution in [1.82, 2.24) is 19.6 Å². The molecule has 1 amide bonds. The van der Waals surface area contributed by atoms with Gasteiger partial charge in [0.25, 0.3) is 5.56 Å². The first-order valence-corrected chi connectivity index (χ1v) is 11.1. The summed E-state index contributed by atoms with van der Waals surface area (Å²) in [6.07, 6.45) is 3.24. The molecule has 0 unspecified atom stereocenters. The molecule has 1 aromatic heterocycles. The average Bonchev–Trinajstić information content (AvgIpc) is 2.80. The van der Waals surface area contributed by atoms with Gasteiger partial charge in [-0.2, -0.15) is 5.10 Å². The number of benzene rings is 1. The Kier molecular flexibility index (Phi) is 6.49. The summed E-state index contributed by atoms with van der Waals surface area (Å²) in [5.41, 5.74) is 0.573. The molecule has 1 atom stereocenters. The van der Waals surface area contributed by atoms with Crippen molar-refractivity contribution in [1.29, 1.82) is 0 Å². The number of hydrogen-bond donors (Lipinski definition) is 0. The van der Waals surface area contributed by atoms with E-state index < -0.39 is 6.04 Å². The van der Waals surface area contributed by atoms with Crippen molar-refractivity contribution in [2.75, 3.05) is 45.9 Å². The monoisotopic (exact) mass is 412 g/mol. The summed E-state index contributed by atoms with van der Waals surface area (Å²) in [4.78, 5) is 30.4. The predicted molar refractivity (Wildman–Crippen MR) is 117 cm³/mol. The van der Waals surface area contributed by atoms with Crippen LogP contribution in [0.15, 0.2) is 29.1 Å². The number of aromatic nitrogens is 2. The second-order valence-corrected chi connectivity index (χ2v) is 8.57. The minimum atomic E-state index is -0.592. The van der Waals surface area contributed by atoms with Gasteiger partial charge in [-0.3, -0.25) is 14.5 Å². The third-order valence-corrected chi connectivity index (χ3v) is 6.62. The summed E-state index contributed by atoms with van der Waals surface area (Å²) in [7, 11) is 0. The third kappa shape index (κ3) is 4.42. The number of piperidine rings is 1. The normalized spacial score (nSPS) is 19.9. The van der Waals surface area contributed by atoms with E-state index in [0.29, 0.717) is 11.3 Å². The number of nitrogens with zero attached hydrogens (tertiary/aromatic N) is 4. The number of carbonyl (C=O) groups excluding carboxylic acids is 1. The van der Waals surface area contributed by atoms with Gasteiger partial charge in [0.05, 0.1) is 24.3 Å². The number of hydrogen-bond acceptors (Lipinski definition) is 5. The number of carbonyl (C=O) groups is 1. The van der Waals surface area contributed by atoms with Crippen molar-refractivity contribution in [3.8, 4) is 0 Å². The predicted octanol–water partition coefficient (Wildman–Crippen LogP) is 2.23. The minimum Gasteiger partial charge on any atom is -0.379 e. The van der Waals surface area contributed by atoms with E-state index in [-0.39, 0.29) is 11.5 Å². The highest BCUT2D eigenvalue weighted by Gasteiger charge is 2.28.